The molecule has 4 nitrogen and oxygen atoms in total. The number of benzene rings is 1. The van der Waals surface area contributed by atoms with Gasteiger partial charge in [0, 0.05) is 13.6 Å². The highest BCUT2D eigenvalue weighted by Gasteiger charge is 2.06. The number of hydrogen-bond donors (Lipinski definition) is 2. The van der Waals surface area contributed by atoms with Gasteiger partial charge in [0.15, 0.2) is 5.96 Å². The van der Waals surface area contributed by atoms with Crippen LogP contribution in [0.3, 0.4) is 0 Å². The molecule has 2 rings (SSSR count). The lowest BCUT2D eigenvalue weighted by molar-refractivity contribution is 0.322. The van der Waals surface area contributed by atoms with E-state index in [1.54, 1.807) is 18.4 Å². The van der Waals surface area contributed by atoms with Gasteiger partial charge in [-0.1, -0.05) is 25.1 Å². The molecule has 0 aliphatic heterocycles. The zero-order chi connectivity index (χ0) is 15.6. The molecule has 2 aromatic rings. The first-order chi connectivity index (χ1) is 10.8. The maximum atomic E-state index is 5.64. The standard InChI is InChI=1S/C17H23N3OS.HI/c1-14(15-8-11-22-13-15)12-20-17(18-2)19-9-10-21-16-6-4-3-5-7-16;/h3-8,11,13-14H,9-10,12H2,1-2H3,(H2,18,19,20);1H. The Morgan fingerprint density at radius 3 is 2.65 bits per heavy atom. The lowest BCUT2D eigenvalue weighted by atomic mass is 10.1. The molecule has 0 saturated carbocycles. The fourth-order valence-electron chi connectivity index (χ4n) is 2.00. The van der Waals surface area contributed by atoms with E-state index >= 15 is 0 Å². The lowest BCUT2D eigenvalue weighted by Gasteiger charge is -2.15. The quantitative estimate of drug-likeness (QED) is 0.296. The third-order valence-corrected chi connectivity index (χ3v) is 4.02. The maximum Gasteiger partial charge on any atom is 0.191 e. The van der Waals surface area contributed by atoms with Gasteiger partial charge in [-0.3, -0.25) is 4.99 Å². The van der Waals surface area contributed by atoms with Gasteiger partial charge in [-0.2, -0.15) is 11.3 Å². The normalized spacial score (nSPS) is 12.2. The Hall–Kier alpha value is -1.28. The molecule has 6 heteroatoms. The summed E-state index contributed by atoms with van der Waals surface area (Å²) in [5.74, 6) is 2.16. The number of nitrogens with one attached hydrogen (secondary N) is 2. The van der Waals surface area contributed by atoms with Gasteiger partial charge in [-0.15, -0.1) is 24.0 Å². The predicted octanol–water partition coefficient (Wildman–Crippen LogP) is 3.71. The van der Waals surface area contributed by atoms with Crippen LogP contribution in [0.1, 0.15) is 18.4 Å². The number of guanidine groups is 1. The number of nitrogens with zero attached hydrogens (tertiary/aromatic N) is 1. The minimum Gasteiger partial charge on any atom is -0.492 e. The third-order valence-electron chi connectivity index (χ3n) is 3.32. The van der Waals surface area contributed by atoms with Crippen LogP contribution in [0.15, 0.2) is 52.2 Å². The first kappa shape index (κ1) is 19.8. The van der Waals surface area contributed by atoms with Gasteiger partial charge in [0.05, 0.1) is 6.54 Å². The van der Waals surface area contributed by atoms with E-state index < -0.39 is 0 Å². The summed E-state index contributed by atoms with van der Waals surface area (Å²) in [5.41, 5.74) is 1.36. The van der Waals surface area contributed by atoms with Crippen molar-refractivity contribution in [1.82, 2.24) is 10.6 Å². The van der Waals surface area contributed by atoms with E-state index in [-0.39, 0.29) is 24.0 Å². The number of hydrogen-bond acceptors (Lipinski definition) is 3. The largest absolute Gasteiger partial charge is 0.492 e. The van der Waals surface area contributed by atoms with Gasteiger partial charge in [-0.25, -0.2) is 0 Å². The number of aliphatic imine (C=N–C) groups is 1. The minimum absolute atomic E-state index is 0. The summed E-state index contributed by atoms with van der Waals surface area (Å²) in [7, 11) is 1.78. The molecule has 1 heterocycles. The highest BCUT2D eigenvalue weighted by atomic mass is 127. The molecule has 0 bridgehead atoms. The first-order valence-electron chi connectivity index (χ1n) is 7.44. The topological polar surface area (TPSA) is 45.7 Å². The summed E-state index contributed by atoms with van der Waals surface area (Å²) in [5, 5.41) is 10.9. The SMILES string of the molecule is CN=C(NCCOc1ccccc1)NCC(C)c1ccsc1.I. The van der Waals surface area contributed by atoms with Crippen molar-refractivity contribution >= 4 is 41.3 Å². The van der Waals surface area contributed by atoms with Gasteiger partial charge in [0.1, 0.15) is 12.4 Å². The monoisotopic (exact) mass is 445 g/mol. The van der Waals surface area contributed by atoms with Crippen LogP contribution in [0.25, 0.3) is 0 Å². The summed E-state index contributed by atoms with van der Waals surface area (Å²) >= 11 is 1.73. The average Bonchev–Trinajstić information content (AvgIpc) is 3.09. The molecular formula is C17H24IN3OS. The Bertz CT molecular complexity index is 560. The second kappa shape index (κ2) is 11.3. The summed E-state index contributed by atoms with van der Waals surface area (Å²) < 4.78 is 5.64. The second-order valence-electron chi connectivity index (χ2n) is 5.00. The average molecular weight is 445 g/mol. The van der Waals surface area contributed by atoms with Gasteiger partial charge < -0.3 is 15.4 Å². The highest BCUT2D eigenvalue weighted by molar-refractivity contribution is 14.0. The van der Waals surface area contributed by atoms with Crippen molar-refractivity contribution in [3.8, 4) is 5.75 Å². The minimum atomic E-state index is 0. The van der Waals surface area contributed by atoms with E-state index in [2.05, 4.69) is 39.4 Å². The highest BCUT2D eigenvalue weighted by Crippen LogP contribution is 2.16. The van der Waals surface area contributed by atoms with Crippen molar-refractivity contribution < 1.29 is 4.74 Å². The van der Waals surface area contributed by atoms with Crippen LogP contribution >= 0.6 is 35.3 Å². The fourth-order valence-corrected chi connectivity index (χ4v) is 2.78. The van der Waals surface area contributed by atoms with Gasteiger partial charge >= 0.3 is 0 Å². The van der Waals surface area contributed by atoms with Crippen molar-refractivity contribution in [2.45, 2.75) is 12.8 Å². The Morgan fingerprint density at radius 2 is 2.00 bits per heavy atom. The Morgan fingerprint density at radius 1 is 1.22 bits per heavy atom. The molecule has 1 atom stereocenters. The van der Waals surface area contributed by atoms with Gasteiger partial charge in [0.2, 0.25) is 0 Å². The van der Waals surface area contributed by atoms with Crippen molar-refractivity contribution in [2.24, 2.45) is 4.99 Å². The van der Waals surface area contributed by atoms with E-state index in [0.29, 0.717) is 19.1 Å². The number of ether oxygens (including phenoxy) is 1. The molecule has 1 aromatic carbocycles. The fraction of sp³-hybridized carbons (Fsp3) is 0.353. The molecular weight excluding hydrogens is 421 g/mol. The van der Waals surface area contributed by atoms with Crippen molar-refractivity contribution in [2.75, 3.05) is 26.7 Å². The summed E-state index contributed by atoms with van der Waals surface area (Å²) in [6, 6.07) is 12.0. The predicted molar refractivity (Wildman–Crippen MR) is 109 cm³/mol. The molecule has 0 radical (unpaired) electrons. The van der Waals surface area contributed by atoms with E-state index in [4.69, 9.17) is 4.74 Å². The number of halogens is 1. The van der Waals surface area contributed by atoms with E-state index in [0.717, 1.165) is 18.3 Å². The smallest absolute Gasteiger partial charge is 0.191 e. The lowest BCUT2D eigenvalue weighted by Crippen LogP contribution is -2.40. The second-order valence-corrected chi connectivity index (χ2v) is 5.78. The van der Waals surface area contributed by atoms with Crippen LogP contribution in [-0.2, 0) is 0 Å². The van der Waals surface area contributed by atoms with Crippen LogP contribution in [0.4, 0.5) is 0 Å². The third kappa shape index (κ3) is 7.22. The molecule has 0 spiro atoms. The van der Waals surface area contributed by atoms with Crippen molar-refractivity contribution in [1.29, 1.82) is 0 Å². The van der Waals surface area contributed by atoms with E-state index in [1.165, 1.54) is 5.56 Å². The van der Waals surface area contributed by atoms with Crippen LogP contribution in [0.5, 0.6) is 5.75 Å². The molecule has 0 aliphatic rings. The zero-order valence-electron chi connectivity index (χ0n) is 13.5. The number of rotatable bonds is 7. The Balaban J connectivity index is 0.00000264. The van der Waals surface area contributed by atoms with Crippen LogP contribution in [-0.4, -0.2) is 32.7 Å². The Kier molecular flexibility index (Phi) is 9.70. The summed E-state index contributed by atoms with van der Waals surface area (Å²) in [6.07, 6.45) is 0. The molecule has 1 aromatic heterocycles. The molecule has 0 fully saturated rings. The van der Waals surface area contributed by atoms with Crippen molar-refractivity contribution in [3.63, 3.8) is 0 Å². The molecule has 2 N–H and O–H groups in total. The van der Waals surface area contributed by atoms with Crippen LogP contribution < -0.4 is 15.4 Å². The molecule has 0 amide bonds. The first-order valence-corrected chi connectivity index (χ1v) is 8.38. The Labute approximate surface area is 159 Å². The molecule has 126 valence electrons. The zero-order valence-corrected chi connectivity index (χ0v) is 16.6. The maximum absolute atomic E-state index is 5.64. The van der Waals surface area contributed by atoms with Crippen molar-refractivity contribution in [3.05, 3.63) is 52.7 Å². The van der Waals surface area contributed by atoms with Gasteiger partial charge in [-0.05, 0) is 40.4 Å². The molecule has 0 saturated heterocycles. The number of para-hydroxylation sites is 1. The van der Waals surface area contributed by atoms with Crippen LogP contribution in [0.2, 0.25) is 0 Å². The number of thiophene rings is 1. The van der Waals surface area contributed by atoms with E-state index in [9.17, 15) is 0 Å². The molecule has 1 unspecified atom stereocenters. The van der Waals surface area contributed by atoms with Crippen LogP contribution in [0, 0.1) is 0 Å². The van der Waals surface area contributed by atoms with E-state index in [1.807, 2.05) is 30.3 Å². The molecule has 0 aliphatic carbocycles. The summed E-state index contributed by atoms with van der Waals surface area (Å²) in [6.45, 7) is 4.38. The van der Waals surface area contributed by atoms with Gasteiger partial charge in [0.25, 0.3) is 0 Å². The summed E-state index contributed by atoms with van der Waals surface area (Å²) in [4.78, 5) is 4.23. The molecule has 23 heavy (non-hydrogen) atoms.